The van der Waals surface area contributed by atoms with Gasteiger partial charge in [-0.3, -0.25) is 9.69 Å². The zero-order valence-electron chi connectivity index (χ0n) is 10.0. The maximum Gasteiger partial charge on any atom is 0.317 e. The molecule has 0 aliphatic heterocycles. The lowest BCUT2D eigenvalue weighted by molar-refractivity contribution is -0.138. The highest BCUT2D eigenvalue weighted by molar-refractivity contribution is 5.69. The van der Waals surface area contributed by atoms with Gasteiger partial charge in [0.2, 0.25) is 0 Å². The molecule has 16 heavy (non-hydrogen) atoms. The van der Waals surface area contributed by atoms with Crippen molar-refractivity contribution in [2.24, 2.45) is 5.92 Å². The van der Waals surface area contributed by atoms with Crippen molar-refractivity contribution in [3.05, 3.63) is 12.7 Å². The molecule has 0 saturated heterocycles. The predicted molar refractivity (Wildman–Crippen MR) is 65.5 cm³/mol. The van der Waals surface area contributed by atoms with Gasteiger partial charge in [0.15, 0.2) is 0 Å². The quantitative estimate of drug-likeness (QED) is 0.558. The van der Waals surface area contributed by atoms with Crippen LogP contribution in [-0.4, -0.2) is 35.6 Å². The van der Waals surface area contributed by atoms with Crippen molar-refractivity contribution in [3.8, 4) is 0 Å². The number of nitrogens with zero attached hydrogens (tertiary/aromatic N) is 1. The van der Waals surface area contributed by atoms with Crippen LogP contribution in [0.25, 0.3) is 0 Å². The topological polar surface area (TPSA) is 40.5 Å². The lowest BCUT2D eigenvalue weighted by atomic mass is 10.00. The smallest absolute Gasteiger partial charge is 0.317 e. The Morgan fingerprint density at radius 2 is 1.94 bits per heavy atom. The number of aliphatic carboxylic acids is 1. The van der Waals surface area contributed by atoms with E-state index in [1.165, 1.54) is 38.5 Å². The highest BCUT2D eigenvalue weighted by atomic mass is 16.4. The molecule has 0 amide bonds. The second-order valence-electron chi connectivity index (χ2n) is 4.73. The molecule has 1 aliphatic carbocycles. The second kappa shape index (κ2) is 7.44. The first-order chi connectivity index (χ1) is 7.72. The highest BCUT2D eigenvalue weighted by Gasteiger charge is 2.17. The van der Waals surface area contributed by atoms with Gasteiger partial charge in [0.1, 0.15) is 0 Å². The van der Waals surface area contributed by atoms with Gasteiger partial charge in [0.25, 0.3) is 0 Å². The molecule has 1 N–H and O–H groups in total. The Bertz CT molecular complexity index is 220. The first-order valence-corrected chi connectivity index (χ1v) is 6.27. The fourth-order valence-electron chi connectivity index (χ4n) is 2.49. The minimum absolute atomic E-state index is 0.141. The lowest BCUT2D eigenvalue weighted by Gasteiger charge is -2.24. The third-order valence-electron chi connectivity index (χ3n) is 3.24. The summed E-state index contributed by atoms with van der Waals surface area (Å²) >= 11 is 0. The van der Waals surface area contributed by atoms with E-state index >= 15 is 0 Å². The van der Waals surface area contributed by atoms with Crippen LogP contribution in [0.1, 0.15) is 38.5 Å². The Labute approximate surface area is 98.1 Å². The van der Waals surface area contributed by atoms with E-state index in [0.717, 1.165) is 6.54 Å². The molecule has 1 fully saturated rings. The summed E-state index contributed by atoms with van der Waals surface area (Å²) in [5.74, 6) is -0.0581. The number of carbonyl (C=O) groups is 1. The van der Waals surface area contributed by atoms with Gasteiger partial charge in [0, 0.05) is 13.1 Å². The first kappa shape index (κ1) is 13.2. The maximum absolute atomic E-state index is 10.7. The van der Waals surface area contributed by atoms with Crippen molar-refractivity contribution < 1.29 is 9.90 Å². The molecule has 0 aromatic rings. The number of carboxylic acid groups (broad SMARTS) is 1. The number of rotatable bonds is 6. The zero-order chi connectivity index (χ0) is 11.8. The van der Waals surface area contributed by atoms with E-state index in [-0.39, 0.29) is 6.54 Å². The van der Waals surface area contributed by atoms with E-state index in [4.69, 9.17) is 5.11 Å². The highest BCUT2D eigenvalue weighted by Crippen LogP contribution is 2.23. The van der Waals surface area contributed by atoms with Crippen LogP contribution in [0.2, 0.25) is 0 Å². The minimum atomic E-state index is -0.740. The molecule has 0 aromatic carbocycles. The summed E-state index contributed by atoms with van der Waals surface area (Å²) in [7, 11) is 0. The molecule has 0 aromatic heterocycles. The largest absolute Gasteiger partial charge is 0.480 e. The second-order valence-corrected chi connectivity index (χ2v) is 4.73. The molecule has 1 rings (SSSR count). The normalized spacial score (nSPS) is 18.3. The fourth-order valence-corrected chi connectivity index (χ4v) is 2.49. The van der Waals surface area contributed by atoms with Gasteiger partial charge >= 0.3 is 5.97 Å². The van der Waals surface area contributed by atoms with E-state index < -0.39 is 5.97 Å². The van der Waals surface area contributed by atoms with Crippen molar-refractivity contribution in [2.75, 3.05) is 19.6 Å². The van der Waals surface area contributed by atoms with Crippen LogP contribution < -0.4 is 0 Å². The molecule has 0 spiro atoms. The van der Waals surface area contributed by atoms with Crippen LogP contribution in [0.4, 0.5) is 0 Å². The lowest BCUT2D eigenvalue weighted by Crippen LogP contribution is -2.34. The standard InChI is InChI=1S/C13H23NO2/c1-2-9-14(11-13(15)16)10-12-7-5-3-4-6-8-12/h2,12H,1,3-11H2,(H,15,16). The van der Waals surface area contributed by atoms with Gasteiger partial charge in [-0.25, -0.2) is 0 Å². The van der Waals surface area contributed by atoms with Crippen molar-refractivity contribution in [1.29, 1.82) is 0 Å². The Kier molecular flexibility index (Phi) is 6.16. The summed E-state index contributed by atoms with van der Waals surface area (Å²) in [5, 5.41) is 8.82. The monoisotopic (exact) mass is 225 g/mol. The molecule has 0 unspecified atom stereocenters. The summed E-state index contributed by atoms with van der Waals surface area (Å²) in [6, 6.07) is 0. The van der Waals surface area contributed by atoms with Crippen LogP contribution in [0, 0.1) is 5.92 Å². The van der Waals surface area contributed by atoms with Crippen LogP contribution in [0.3, 0.4) is 0 Å². The third-order valence-corrected chi connectivity index (χ3v) is 3.24. The Morgan fingerprint density at radius 1 is 1.31 bits per heavy atom. The van der Waals surface area contributed by atoms with E-state index in [0.29, 0.717) is 12.5 Å². The first-order valence-electron chi connectivity index (χ1n) is 6.27. The van der Waals surface area contributed by atoms with Gasteiger partial charge in [0.05, 0.1) is 6.54 Å². The summed E-state index contributed by atoms with van der Waals surface area (Å²) in [6.45, 7) is 5.42. The maximum atomic E-state index is 10.7. The fraction of sp³-hybridized carbons (Fsp3) is 0.769. The predicted octanol–water partition coefficient (Wildman–Crippen LogP) is 2.53. The van der Waals surface area contributed by atoms with Crippen LogP contribution >= 0.6 is 0 Å². The number of carboxylic acids is 1. The SMILES string of the molecule is C=CCN(CC(=O)O)CC1CCCCCC1. The molecule has 0 radical (unpaired) electrons. The molecule has 1 saturated carbocycles. The number of hydrogen-bond donors (Lipinski definition) is 1. The summed E-state index contributed by atoms with van der Waals surface area (Å²) in [6.07, 6.45) is 9.60. The molecule has 0 heterocycles. The van der Waals surface area contributed by atoms with E-state index in [1.807, 2.05) is 4.90 Å². The summed E-state index contributed by atoms with van der Waals surface area (Å²) in [5.41, 5.74) is 0. The van der Waals surface area contributed by atoms with Crippen molar-refractivity contribution in [1.82, 2.24) is 4.90 Å². The molecule has 3 heteroatoms. The summed E-state index contributed by atoms with van der Waals surface area (Å²) < 4.78 is 0. The number of hydrogen-bond acceptors (Lipinski definition) is 2. The van der Waals surface area contributed by atoms with Gasteiger partial charge in [-0.15, -0.1) is 6.58 Å². The van der Waals surface area contributed by atoms with Gasteiger partial charge in [-0.1, -0.05) is 31.8 Å². The average molecular weight is 225 g/mol. The molecule has 0 bridgehead atoms. The van der Waals surface area contributed by atoms with Gasteiger partial charge < -0.3 is 5.11 Å². The Morgan fingerprint density at radius 3 is 2.44 bits per heavy atom. The molecule has 3 nitrogen and oxygen atoms in total. The Balaban J connectivity index is 2.38. The van der Waals surface area contributed by atoms with E-state index in [9.17, 15) is 4.79 Å². The molecule has 92 valence electrons. The molecule has 1 aliphatic rings. The van der Waals surface area contributed by atoms with Gasteiger partial charge in [-0.2, -0.15) is 0 Å². The van der Waals surface area contributed by atoms with Crippen LogP contribution in [-0.2, 0) is 4.79 Å². The average Bonchev–Trinajstić information content (AvgIpc) is 2.45. The van der Waals surface area contributed by atoms with Gasteiger partial charge in [-0.05, 0) is 18.8 Å². The Hall–Kier alpha value is -0.830. The molecular formula is C13H23NO2. The van der Waals surface area contributed by atoms with Crippen LogP contribution in [0.15, 0.2) is 12.7 Å². The minimum Gasteiger partial charge on any atom is -0.480 e. The van der Waals surface area contributed by atoms with Crippen molar-refractivity contribution in [3.63, 3.8) is 0 Å². The van der Waals surface area contributed by atoms with E-state index in [1.54, 1.807) is 6.08 Å². The van der Waals surface area contributed by atoms with E-state index in [2.05, 4.69) is 6.58 Å². The summed E-state index contributed by atoms with van der Waals surface area (Å²) in [4.78, 5) is 12.7. The molecule has 0 atom stereocenters. The van der Waals surface area contributed by atoms with Crippen molar-refractivity contribution in [2.45, 2.75) is 38.5 Å². The third kappa shape index (κ3) is 5.31. The van der Waals surface area contributed by atoms with Crippen molar-refractivity contribution >= 4 is 5.97 Å². The molecular weight excluding hydrogens is 202 g/mol. The van der Waals surface area contributed by atoms with Crippen LogP contribution in [0.5, 0.6) is 0 Å². The zero-order valence-corrected chi connectivity index (χ0v) is 10.0.